The summed E-state index contributed by atoms with van der Waals surface area (Å²) in [5, 5.41) is 1.11. The number of aromatic nitrogens is 1. The third-order valence-electron chi connectivity index (χ3n) is 5.40. The van der Waals surface area contributed by atoms with Crippen LogP contribution in [-0.4, -0.2) is 67.8 Å². The van der Waals surface area contributed by atoms with Gasteiger partial charge in [-0.15, -0.1) is 0 Å². The molecule has 138 valence electrons. The normalized spacial score (nSPS) is 20.8. The molecule has 3 heterocycles. The molecule has 2 aliphatic heterocycles. The highest BCUT2D eigenvalue weighted by atomic mass is 16.5. The Morgan fingerprint density at radius 2 is 2.08 bits per heavy atom. The average Bonchev–Trinajstić information content (AvgIpc) is 3.04. The minimum atomic E-state index is -0.570. The molecule has 0 spiro atoms. The predicted octanol–water partition coefficient (Wildman–Crippen LogP) is -0.491. The topological polar surface area (TPSA) is 76.1 Å². The maximum atomic E-state index is 13.0. The number of hydrogen-bond donors (Lipinski definition) is 2. The van der Waals surface area contributed by atoms with Crippen LogP contribution in [0, 0.1) is 0 Å². The Labute approximate surface area is 151 Å². The Hall–Kier alpha value is -2.38. The van der Waals surface area contributed by atoms with Crippen molar-refractivity contribution < 1.29 is 24.0 Å². The van der Waals surface area contributed by atoms with E-state index in [1.165, 1.54) is 12.0 Å². The first-order chi connectivity index (χ1) is 12.7. The largest absolute Gasteiger partial charge is 0.467 e. The average molecular weight is 358 g/mol. The first kappa shape index (κ1) is 17.1. The number of quaternary nitrogens is 1. The monoisotopic (exact) mass is 358 g/mol. The van der Waals surface area contributed by atoms with Gasteiger partial charge < -0.3 is 24.3 Å². The summed E-state index contributed by atoms with van der Waals surface area (Å²) < 4.78 is 10.4. The van der Waals surface area contributed by atoms with Gasteiger partial charge in [-0.1, -0.05) is 18.2 Å². The van der Waals surface area contributed by atoms with Crippen molar-refractivity contribution in [3.63, 3.8) is 0 Å². The number of aromatic amines is 1. The van der Waals surface area contributed by atoms with Crippen LogP contribution in [0.5, 0.6) is 0 Å². The molecule has 1 aromatic heterocycles. The van der Waals surface area contributed by atoms with Crippen LogP contribution < -0.4 is 4.90 Å². The zero-order valence-electron chi connectivity index (χ0n) is 14.9. The van der Waals surface area contributed by atoms with Crippen molar-refractivity contribution >= 4 is 22.8 Å². The molecule has 2 aliphatic rings. The van der Waals surface area contributed by atoms with Crippen molar-refractivity contribution in [2.45, 2.75) is 19.0 Å². The number of H-pyrrole nitrogens is 1. The van der Waals surface area contributed by atoms with Crippen LogP contribution in [0.3, 0.4) is 0 Å². The fourth-order valence-corrected chi connectivity index (χ4v) is 3.97. The number of nitrogens with one attached hydrogen (secondary N) is 2. The summed E-state index contributed by atoms with van der Waals surface area (Å²) in [6.45, 7) is 3.78. The highest BCUT2D eigenvalue weighted by Gasteiger charge is 2.38. The number of methoxy groups -OCH3 is 1. The van der Waals surface area contributed by atoms with E-state index in [2.05, 4.69) is 4.98 Å². The molecular weight excluding hydrogens is 334 g/mol. The first-order valence-electron chi connectivity index (χ1n) is 9.04. The summed E-state index contributed by atoms with van der Waals surface area (Å²) in [6, 6.07) is 7.47. The maximum absolute atomic E-state index is 13.0. The van der Waals surface area contributed by atoms with Gasteiger partial charge in [-0.3, -0.25) is 4.79 Å². The summed E-state index contributed by atoms with van der Waals surface area (Å²) in [4.78, 5) is 31.6. The summed E-state index contributed by atoms with van der Waals surface area (Å²) >= 11 is 0. The van der Waals surface area contributed by atoms with Crippen LogP contribution in [0.25, 0.3) is 10.9 Å². The number of hydrogen-bond acceptors (Lipinski definition) is 4. The number of carbonyl (C=O) groups is 2. The molecule has 26 heavy (non-hydrogen) atoms. The summed E-state index contributed by atoms with van der Waals surface area (Å²) in [5.41, 5.74) is 3.16. The van der Waals surface area contributed by atoms with Crippen LogP contribution in [0.2, 0.25) is 0 Å². The quantitative estimate of drug-likeness (QED) is 0.726. The van der Waals surface area contributed by atoms with E-state index in [4.69, 9.17) is 9.47 Å². The Bertz CT molecular complexity index is 825. The lowest BCUT2D eigenvalue weighted by molar-refractivity contribution is -0.900. The number of benzene rings is 1. The number of esters is 1. The van der Waals surface area contributed by atoms with Crippen molar-refractivity contribution in [2.24, 2.45) is 0 Å². The summed E-state index contributed by atoms with van der Waals surface area (Å²) in [7, 11) is 1.38. The highest BCUT2D eigenvalue weighted by Crippen LogP contribution is 2.30. The van der Waals surface area contributed by atoms with Crippen molar-refractivity contribution in [1.82, 2.24) is 9.88 Å². The van der Waals surface area contributed by atoms with Crippen molar-refractivity contribution in [3.8, 4) is 0 Å². The summed E-state index contributed by atoms with van der Waals surface area (Å²) in [5.74, 6) is -0.368. The molecule has 2 N–H and O–H groups in total. The Balaban J connectivity index is 1.61. The number of morpholine rings is 1. The van der Waals surface area contributed by atoms with Crippen LogP contribution in [0.4, 0.5) is 0 Å². The van der Waals surface area contributed by atoms with E-state index >= 15 is 0 Å². The molecule has 0 bridgehead atoms. The molecule has 1 fully saturated rings. The molecule has 2 aromatic rings. The van der Waals surface area contributed by atoms with Gasteiger partial charge >= 0.3 is 5.97 Å². The standard InChI is InChI=1S/C19H23N3O4/c1-25-19(24)17-10-14-13-4-2-3-5-15(13)20-16(14)11-22(17)18(23)12-21-6-8-26-9-7-21/h2-5,17,20H,6-12H2,1H3/p+1/t17-/m0/s1. The number of nitrogens with zero attached hydrogens (tertiary/aromatic N) is 1. The summed E-state index contributed by atoms with van der Waals surface area (Å²) in [6.07, 6.45) is 0.482. The number of carbonyl (C=O) groups excluding carboxylic acids is 2. The van der Waals surface area contributed by atoms with Gasteiger partial charge in [-0.2, -0.15) is 0 Å². The number of ether oxygens (including phenoxy) is 2. The van der Waals surface area contributed by atoms with Crippen LogP contribution in [-0.2, 0) is 32.0 Å². The lowest BCUT2D eigenvalue weighted by atomic mass is 9.96. The van der Waals surface area contributed by atoms with Gasteiger partial charge in [-0.05, 0) is 11.6 Å². The van der Waals surface area contributed by atoms with Gasteiger partial charge in [0.05, 0.1) is 26.9 Å². The molecule has 1 saturated heterocycles. The van der Waals surface area contributed by atoms with Crippen molar-refractivity contribution in [3.05, 3.63) is 35.5 Å². The lowest BCUT2D eigenvalue weighted by Gasteiger charge is -2.35. The highest BCUT2D eigenvalue weighted by molar-refractivity contribution is 5.90. The second kappa shape index (κ2) is 7.09. The number of rotatable bonds is 3. The zero-order chi connectivity index (χ0) is 18.1. The van der Waals surface area contributed by atoms with Gasteiger partial charge in [0.2, 0.25) is 0 Å². The maximum Gasteiger partial charge on any atom is 0.328 e. The van der Waals surface area contributed by atoms with Crippen molar-refractivity contribution in [2.75, 3.05) is 40.0 Å². The number of amides is 1. The third kappa shape index (κ3) is 3.08. The van der Waals surface area contributed by atoms with E-state index in [-0.39, 0.29) is 11.9 Å². The van der Waals surface area contributed by atoms with E-state index in [1.807, 2.05) is 24.3 Å². The van der Waals surface area contributed by atoms with Gasteiger partial charge in [0, 0.05) is 23.0 Å². The lowest BCUT2D eigenvalue weighted by Crippen LogP contribution is -3.15. The van der Waals surface area contributed by atoms with Crippen LogP contribution in [0.15, 0.2) is 24.3 Å². The first-order valence-corrected chi connectivity index (χ1v) is 9.04. The van der Waals surface area contributed by atoms with Crippen LogP contribution in [0.1, 0.15) is 11.3 Å². The van der Waals surface area contributed by atoms with Crippen LogP contribution >= 0.6 is 0 Å². The zero-order valence-corrected chi connectivity index (χ0v) is 14.9. The predicted molar refractivity (Wildman–Crippen MR) is 94.7 cm³/mol. The fraction of sp³-hybridized carbons (Fsp3) is 0.474. The molecule has 1 amide bonds. The van der Waals surface area contributed by atoms with Gasteiger partial charge in [0.1, 0.15) is 19.1 Å². The fourth-order valence-electron chi connectivity index (χ4n) is 3.97. The SMILES string of the molecule is COC(=O)[C@@H]1Cc2c([nH]c3ccccc23)CN1C(=O)C[NH+]1CCOCC1. The Morgan fingerprint density at radius 3 is 2.85 bits per heavy atom. The molecule has 4 rings (SSSR count). The molecule has 1 aromatic carbocycles. The van der Waals surface area contributed by atoms with E-state index in [9.17, 15) is 9.59 Å². The van der Waals surface area contributed by atoms with Crippen molar-refractivity contribution in [1.29, 1.82) is 0 Å². The Kier molecular flexibility index (Phi) is 4.65. The van der Waals surface area contributed by atoms with E-state index in [0.717, 1.165) is 35.2 Å². The minimum absolute atomic E-state index is 0.0124. The van der Waals surface area contributed by atoms with Gasteiger partial charge in [0.25, 0.3) is 5.91 Å². The molecule has 0 aliphatic carbocycles. The Morgan fingerprint density at radius 1 is 1.31 bits per heavy atom. The van der Waals surface area contributed by atoms with E-state index in [0.29, 0.717) is 32.7 Å². The second-order valence-electron chi connectivity index (χ2n) is 6.93. The molecule has 0 saturated carbocycles. The second-order valence-corrected chi connectivity index (χ2v) is 6.93. The molecule has 1 atom stereocenters. The van der Waals surface area contributed by atoms with E-state index in [1.54, 1.807) is 4.90 Å². The smallest absolute Gasteiger partial charge is 0.328 e. The molecular formula is C19H24N3O4+. The third-order valence-corrected chi connectivity index (χ3v) is 5.40. The molecule has 7 heteroatoms. The minimum Gasteiger partial charge on any atom is -0.467 e. The molecule has 7 nitrogen and oxygen atoms in total. The number of fused-ring (bicyclic) bond motifs is 3. The number of para-hydroxylation sites is 1. The van der Waals surface area contributed by atoms with Gasteiger partial charge in [-0.25, -0.2) is 4.79 Å². The van der Waals surface area contributed by atoms with E-state index < -0.39 is 6.04 Å². The molecule has 0 radical (unpaired) electrons. The molecule has 0 unspecified atom stereocenters. The van der Waals surface area contributed by atoms with Gasteiger partial charge in [0.15, 0.2) is 6.54 Å².